The highest BCUT2D eigenvalue weighted by Gasteiger charge is 2.47. The van der Waals surface area contributed by atoms with Gasteiger partial charge in [-0.1, -0.05) is 6.07 Å². The Morgan fingerprint density at radius 2 is 1.59 bits per heavy atom. The summed E-state index contributed by atoms with van der Waals surface area (Å²) in [5.74, 6) is 0. The highest BCUT2D eigenvalue weighted by molar-refractivity contribution is 4.89. The summed E-state index contributed by atoms with van der Waals surface area (Å²) in [6.07, 6.45) is -2.29. The Kier molecular flexibility index (Phi) is 3.70. The standard InChI is InChI=1S/C11H16NO5/c13-6-7-8(14)9(15)10(16)11(17-7)12-4-2-1-3-5-12/h1-5,7-11,13-16H,6H2/q+1/t7-,8+,9+,10-,11-/m1/s1. The Balaban J connectivity index is 2.23. The van der Waals surface area contributed by atoms with E-state index in [1.165, 1.54) is 0 Å². The van der Waals surface area contributed by atoms with Crippen LogP contribution in [0.1, 0.15) is 6.23 Å². The zero-order valence-corrected chi connectivity index (χ0v) is 9.12. The lowest BCUT2D eigenvalue weighted by molar-refractivity contribution is -0.778. The van der Waals surface area contributed by atoms with E-state index in [9.17, 15) is 15.3 Å². The van der Waals surface area contributed by atoms with Gasteiger partial charge >= 0.3 is 0 Å². The van der Waals surface area contributed by atoms with E-state index < -0.39 is 37.3 Å². The van der Waals surface area contributed by atoms with Crippen LogP contribution in [0.25, 0.3) is 0 Å². The lowest BCUT2D eigenvalue weighted by atomic mass is 9.98. The Hall–Kier alpha value is -1.05. The topological polar surface area (TPSA) is 94.0 Å². The molecule has 1 aliphatic heterocycles. The highest BCUT2D eigenvalue weighted by atomic mass is 16.6. The number of pyridine rings is 1. The molecule has 0 radical (unpaired) electrons. The molecule has 0 aliphatic carbocycles. The summed E-state index contributed by atoms with van der Waals surface area (Å²) in [6, 6.07) is 5.31. The summed E-state index contributed by atoms with van der Waals surface area (Å²) in [5.41, 5.74) is 0. The lowest BCUT2D eigenvalue weighted by Crippen LogP contribution is -2.62. The predicted molar refractivity (Wildman–Crippen MR) is 55.7 cm³/mol. The largest absolute Gasteiger partial charge is 0.394 e. The lowest BCUT2D eigenvalue weighted by Gasteiger charge is -2.36. The number of rotatable bonds is 2. The molecule has 1 fully saturated rings. The molecule has 1 aromatic rings. The highest BCUT2D eigenvalue weighted by Crippen LogP contribution is 2.24. The molecule has 6 nitrogen and oxygen atoms in total. The Bertz CT molecular complexity index is 358. The van der Waals surface area contributed by atoms with Crippen LogP contribution in [0.2, 0.25) is 0 Å². The van der Waals surface area contributed by atoms with Gasteiger partial charge in [0.1, 0.15) is 18.3 Å². The van der Waals surface area contributed by atoms with Crippen LogP contribution in [0.3, 0.4) is 0 Å². The molecule has 0 spiro atoms. The molecule has 94 valence electrons. The normalized spacial score (nSPS) is 38.0. The van der Waals surface area contributed by atoms with Crippen LogP contribution >= 0.6 is 0 Å². The molecule has 5 atom stereocenters. The van der Waals surface area contributed by atoms with Crippen molar-refractivity contribution in [2.75, 3.05) is 6.61 Å². The zero-order chi connectivity index (χ0) is 12.4. The number of nitrogens with zero attached hydrogens (tertiary/aromatic N) is 1. The monoisotopic (exact) mass is 242 g/mol. The second-order valence-corrected chi connectivity index (χ2v) is 4.04. The van der Waals surface area contributed by atoms with Crippen LogP contribution in [0.15, 0.2) is 30.6 Å². The number of aliphatic hydroxyl groups excluding tert-OH is 4. The minimum atomic E-state index is -1.35. The van der Waals surface area contributed by atoms with E-state index in [1.807, 2.05) is 0 Å². The van der Waals surface area contributed by atoms with Gasteiger partial charge in [-0.15, -0.1) is 0 Å². The summed E-state index contributed by atoms with van der Waals surface area (Å²) in [6.45, 7) is -0.422. The summed E-state index contributed by atoms with van der Waals surface area (Å²) in [5, 5.41) is 38.1. The maximum Gasteiger partial charge on any atom is 0.292 e. The number of aliphatic hydroxyl groups is 4. The van der Waals surface area contributed by atoms with E-state index in [0.29, 0.717) is 0 Å². The summed E-state index contributed by atoms with van der Waals surface area (Å²) >= 11 is 0. The second kappa shape index (κ2) is 5.07. The summed E-state index contributed by atoms with van der Waals surface area (Å²) < 4.78 is 6.94. The van der Waals surface area contributed by atoms with Gasteiger partial charge in [0, 0.05) is 12.1 Å². The zero-order valence-electron chi connectivity index (χ0n) is 9.12. The first-order valence-electron chi connectivity index (χ1n) is 5.41. The molecule has 0 unspecified atom stereocenters. The third-order valence-electron chi connectivity index (χ3n) is 2.90. The minimum Gasteiger partial charge on any atom is -0.394 e. The smallest absolute Gasteiger partial charge is 0.292 e. The van der Waals surface area contributed by atoms with Crippen LogP contribution in [0.5, 0.6) is 0 Å². The Labute approximate surface area is 98.3 Å². The van der Waals surface area contributed by atoms with E-state index >= 15 is 0 Å². The van der Waals surface area contributed by atoms with Crippen molar-refractivity contribution in [3.05, 3.63) is 30.6 Å². The van der Waals surface area contributed by atoms with E-state index in [4.69, 9.17) is 9.84 Å². The predicted octanol–water partition coefficient (Wildman–Crippen LogP) is -2.05. The molecule has 4 N–H and O–H groups in total. The van der Waals surface area contributed by atoms with Gasteiger partial charge in [0.2, 0.25) is 0 Å². The fourth-order valence-corrected chi connectivity index (χ4v) is 1.91. The first-order chi connectivity index (χ1) is 8.15. The summed E-state index contributed by atoms with van der Waals surface area (Å²) in [4.78, 5) is 0. The van der Waals surface area contributed by atoms with Crippen LogP contribution in [-0.2, 0) is 4.74 Å². The van der Waals surface area contributed by atoms with Gasteiger partial charge in [-0.25, -0.2) is 0 Å². The fourth-order valence-electron chi connectivity index (χ4n) is 1.91. The average Bonchev–Trinajstić information content (AvgIpc) is 2.37. The van der Waals surface area contributed by atoms with Crippen LogP contribution in [0.4, 0.5) is 0 Å². The van der Waals surface area contributed by atoms with Crippen molar-refractivity contribution in [1.29, 1.82) is 0 Å². The van der Waals surface area contributed by atoms with Crippen molar-refractivity contribution in [2.45, 2.75) is 30.6 Å². The van der Waals surface area contributed by atoms with Gasteiger partial charge in [0.25, 0.3) is 6.23 Å². The van der Waals surface area contributed by atoms with E-state index in [-0.39, 0.29) is 0 Å². The number of aromatic nitrogens is 1. The van der Waals surface area contributed by atoms with Crippen molar-refractivity contribution in [3.63, 3.8) is 0 Å². The molecular formula is C11H16NO5+. The third-order valence-corrected chi connectivity index (χ3v) is 2.90. The third kappa shape index (κ3) is 2.31. The molecule has 0 saturated carbocycles. The maximum absolute atomic E-state index is 9.84. The first-order valence-corrected chi connectivity index (χ1v) is 5.41. The Morgan fingerprint density at radius 3 is 2.18 bits per heavy atom. The average molecular weight is 242 g/mol. The van der Waals surface area contributed by atoms with Crippen molar-refractivity contribution in [1.82, 2.24) is 0 Å². The number of ether oxygens (including phenoxy) is 1. The van der Waals surface area contributed by atoms with Crippen molar-refractivity contribution >= 4 is 0 Å². The molecule has 0 amide bonds. The van der Waals surface area contributed by atoms with Crippen LogP contribution in [0, 0.1) is 0 Å². The molecular weight excluding hydrogens is 226 g/mol. The Morgan fingerprint density at radius 1 is 0.941 bits per heavy atom. The first kappa shape index (κ1) is 12.4. The van der Waals surface area contributed by atoms with Crippen molar-refractivity contribution in [3.8, 4) is 0 Å². The minimum absolute atomic E-state index is 0.422. The van der Waals surface area contributed by atoms with Crippen LogP contribution < -0.4 is 4.57 Å². The van der Waals surface area contributed by atoms with Crippen molar-refractivity contribution < 1.29 is 29.7 Å². The maximum atomic E-state index is 9.84. The van der Waals surface area contributed by atoms with Gasteiger partial charge in [0.05, 0.1) is 6.61 Å². The number of hydrogen-bond acceptors (Lipinski definition) is 5. The van der Waals surface area contributed by atoms with E-state index in [0.717, 1.165) is 0 Å². The molecule has 1 aliphatic rings. The van der Waals surface area contributed by atoms with Gasteiger partial charge < -0.3 is 25.2 Å². The van der Waals surface area contributed by atoms with Crippen molar-refractivity contribution in [2.24, 2.45) is 0 Å². The number of hydrogen-bond donors (Lipinski definition) is 4. The van der Waals surface area contributed by atoms with Gasteiger partial charge in [0.15, 0.2) is 18.5 Å². The fraction of sp³-hybridized carbons (Fsp3) is 0.545. The molecule has 17 heavy (non-hydrogen) atoms. The molecule has 1 saturated heterocycles. The van der Waals surface area contributed by atoms with Crippen LogP contribution in [-0.4, -0.2) is 51.4 Å². The van der Waals surface area contributed by atoms with E-state index in [1.54, 1.807) is 35.2 Å². The SMILES string of the molecule is OC[C@H]1O[C@@H]([n+]2ccccc2)[C@H](O)[C@@H](O)[C@H]1O. The molecule has 6 heteroatoms. The molecule has 2 heterocycles. The van der Waals surface area contributed by atoms with Gasteiger partial charge in [-0.2, -0.15) is 4.57 Å². The van der Waals surface area contributed by atoms with E-state index in [2.05, 4.69) is 0 Å². The second-order valence-electron chi connectivity index (χ2n) is 4.04. The van der Waals surface area contributed by atoms with Gasteiger partial charge in [-0.05, 0) is 0 Å². The van der Waals surface area contributed by atoms with Gasteiger partial charge in [-0.3, -0.25) is 0 Å². The quantitative estimate of drug-likeness (QED) is 0.448. The molecule has 0 aromatic carbocycles. The molecule has 2 rings (SSSR count). The molecule has 1 aromatic heterocycles. The molecule has 0 bridgehead atoms. The summed E-state index contributed by atoms with van der Waals surface area (Å²) in [7, 11) is 0.